The Kier molecular flexibility index (Phi) is 2.31. The molecule has 0 saturated heterocycles. The van der Waals surface area contributed by atoms with Gasteiger partial charge in [-0.25, -0.2) is 0 Å². The molecule has 3 heteroatoms. The van der Waals surface area contributed by atoms with E-state index in [1.807, 2.05) is 31.3 Å². The molecule has 0 atom stereocenters. The Morgan fingerprint density at radius 2 is 2.21 bits per heavy atom. The Morgan fingerprint density at radius 1 is 1.43 bits per heavy atom. The number of nitrogens with zero attached hydrogens (tertiary/aromatic N) is 2. The molecule has 0 fully saturated rings. The average Bonchev–Trinajstić information content (AvgIpc) is 2.64. The fourth-order valence-electron chi connectivity index (χ4n) is 1.63. The van der Waals surface area contributed by atoms with E-state index in [0.717, 1.165) is 30.8 Å². The minimum absolute atomic E-state index is 0.708. The first-order valence-corrected chi connectivity index (χ1v) is 4.63. The third-order valence-electron chi connectivity index (χ3n) is 2.39. The number of aldehydes is 1. The Balaban J connectivity index is 2.45. The third kappa shape index (κ3) is 1.41. The Morgan fingerprint density at radius 3 is 2.86 bits per heavy atom. The second kappa shape index (κ2) is 3.62. The molecule has 0 bridgehead atoms. The molecule has 0 aromatic heterocycles. The summed E-state index contributed by atoms with van der Waals surface area (Å²) < 4.78 is 0. The third-order valence-corrected chi connectivity index (χ3v) is 2.39. The molecule has 2 rings (SSSR count). The lowest BCUT2D eigenvalue weighted by molar-refractivity contribution is 0.112. The zero-order valence-corrected chi connectivity index (χ0v) is 8.10. The van der Waals surface area contributed by atoms with Crippen molar-refractivity contribution >= 4 is 12.1 Å². The maximum Gasteiger partial charge on any atom is 0.150 e. The number of likely N-dealkylation sites (N-methyl/N-ethyl adjacent to an activating group) is 1. The van der Waals surface area contributed by atoms with E-state index < -0.39 is 0 Å². The Hall–Kier alpha value is -1.64. The molecule has 1 aliphatic heterocycles. The van der Waals surface area contributed by atoms with Crippen molar-refractivity contribution in [1.82, 2.24) is 4.90 Å². The van der Waals surface area contributed by atoms with Gasteiger partial charge < -0.3 is 4.90 Å². The molecule has 0 radical (unpaired) electrons. The molecular weight excluding hydrogens is 176 g/mol. The second-order valence-corrected chi connectivity index (χ2v) is 3.33. The van der Waals surface area contributed by atoms with E-state index in [1.165, 1.54) is 0 Å². The highest BCUT2D eigenvalue weighted by Crippen LogP contribution is 2.13. The summed E-state index contributed by atoms with van der Waals surface area (Å²) in [4.78, 5) is 17.3. The van der Waals surface area contributed by atoms with Gasteiger partial charge in [-0.15, -0.1) is 0 Å². The fourth-order valence-corrected chi connectivity index (χ4v) is 1.63. The van der Waals surface area contributed by atoms with Gasteiger partial charge >= 0.3 is 0 Å². The van der Waals surface area contributed by atoms with Crippen molar-refractivity contribution in [3.05, 3.63) is 35.4 Å². The standard InChI is InChI=1S/C11H12N2O/c1-13-7-6-12-11(13)10-5-3-2-4-9(10)8-14/h2-5,8H,6-7H2,1H3. The van der Waals surface area contributed by atoms with Crippen LogP contribution in [-0.4, -0.2) is 37.2 Å². The van der Waals surface area contributed by atoms with E-state index >= 15 is 0 Å². The van der Waals surface area contributed by atoms with Gasteiger partial charge in [0, 0.05) is 24.7 Å². The zero-order valence-electron chi connectivity index (χ0n) is 8.10. The largest absolute Gasteiger partial charge is 0.358 e. The zero-order chi connectivity index (χ0) is 9.97. The predicted molar refractivity (Wildman–Crippen MR) is 55.9 cm³/mol. The molecule has 1 aromatic rings. The number of rotatable bonds is 2. The lowest BCUT2D eigenvalue weighted by atomic mass is 10.1. The molecule has 1 heterocycles. The maximum atomic E-state index is 10.8. The highest BCUT2D eigenvalue weighted by Gasteiger charge is 2.16. The van der Waals surface area contributed by atoms with Crippen LogP contribution in [-0.2, 0) is 0 Å². The van der Waals surface area contributed by atoms with Gasteiger partial charge in [0.05, 0.1) is 6.54 Å². The molecule has 3 nitrogen and oxygen atoms in total. The van der Waals surface area contributed by atoms with Gasteiger partial charge in [0.15, 0.2) is 6.29 Å². The molecule has 0 amide bonds. The van der Waals surface area contributed by atoms with Crippen LogP contribution in [0.5, 0.6) is 0 Å². The monoisotopic (exact) mass is 188 g/mol. The Labute approximate surface area is 83.1 Å². The Bertz CT molecular complexity index is 385. The number of aliphatic imine (C=N–C) groups is 1. The summed E-state index contributed by atoms with van der Waals surface area (Å²) in [6.45, 7) is 1.75. The maximum absolute atomic E-state index is 10.8. The summed E-state index contributed by atoms with van der Waals surface area (Å²) in [7, 11) is 1.99. The summed E-state index contributed by atoms with van der Waals surface area (Å²) in [5, 5.41) is 0. The van der Waals surface area contributed by atoms with Crippen LogP contribution in [0.4, 0.5) is 0 Å². The van der Waals surface area contributed by atoms with Crippen LogP contribution in [0, 0.1) is 0 Å². The van der Waals surface area contributed by atoms with Crippen LogP contribution in [0.3, 0.4) is 0 Å². The van der Waals surface area contributed by atoms with Crippen LogP contribution in [0.25, 0.3) is 0 Å². The molecule has 1 aliphatic rings. The summed E-state index contributed by atoms with van der Waals surface area (Å²) in [6.07, 6.45) is 0.879. The number of carbonyl (C=O) groups excluding carboxylic acids is 1. The van der Waals surface area contributed by atoms with Crippen molar-refractivity contribution in [3.63, 3.8) is 0 Å². The lowest BCUT2D eigenvalue weighted by Crippen LogP contribution is -2.24. The average molecular weight is 188 g/mol. The predicted octanol–water partition coefficient (Wildman–Crippen LogP) is 1.19. The molecule has 0 spiro atoms. The molecule has 0 saturated carbocycles. The highest BCUT2D eigenvalue weighted by molar-refractivity contribution is 6.05. The van der Waals surface area contributed by atoms with Crippen LogP contribution in [0.1, 0.15) is 15.9 Å². The van der Waals surface area contributed by atoms with Crippen molar-refractivity contribution in [3.8, 4) is 0 Å². The van der Waals surface area contributed by atoms with Gasteiger partial charge in [0.2, 0.25) is 0 Å². The fraction of sp³-hybridized carbons (Fsp3) is 0.273. The number of hydrogen-bond donors (Lipinski definition) is 0. The lowest BCUT2D eigenvalue weighted by Gasteiger charge is -2.14. The van der Waals surface area contributed by atoms with Crippen molar-refractivity contribution in [2.45, 2.75) is 0 Å². The highest BCUT2D eigenvalue weighted by atomic mass is 16.1. The quantitative estimate of drug-likeness (QED) is 0.653. The molecule has 1 aromatic carbocycles. The first-order valence-electron chi connectivity index (χ1n) is 4.63. The smallest absolute Gasteiger partial charge is 0.150 e. The van der Waals surface area contributed by atoms with Crippen molar-refractivity contribution in [1.29, 1.82) is 0 Å². The molecule has 0 N–H and O–H groups in total. The van der Waals surface area contributed by atoms with E-state index in [2.05, 4.69) is 9.89 Å². The van der Waals surface area contributed by atoms with Gasteiger partial charge in [-0.3, -0.25) is 9.79 Å². The summed E-state index contributed by atoms with van der Waals surface area (Å²) in [5.41, 5.74) is 1.64. The summed E-state index contributed by atoms with van der Waals surface area (Å²) in [6, 6.07) is 7.54. The first-order chi connectivity index (χ1) is 6.83. The minimum Gasteiger partial charge on any atom is -0.358 e. The molecule has 0 aliphatic carbocycles. The van der Waals surface area contributed by atoms with E-state index in [0.29, 0.717) is 5.56 Å². The number of carbonyl (C=O) groups is 1. The van der Waals surface area contributed by atoms with Gasteiger partial charge in [-0.2, -0.15) is 0 Å². The normalized spacial score (nSPS) is 15.5. The van der Waals surface area contributed by atoms with E-state index in [9.17, 15) is 4.79 Å². The van der Waals surface area contributed by atoms with Crippen LogP contribution >= 0.6 is 0 Å². The van der Waals surface area contributed by atoms with E-state index in [4.69, 9.17) is 0 Å². The van der Waals surface area contributed by atoms with Crippen LogP contribution in [0.15, 0.2) is 29.3 Å². The van der Waals surface area contributed by atoms with Gasteiger partial charge in [0.25, 0.3) is 0 Å². The molecule has 0 unspecified atom stereocenters. The number of amidine groups is 1. The van der Waals surface area contributed by atoms with Gasteiger partial charge in [-0.1, -0.05) is 24.3 Å². The van der Waals surface area contributed by atoms with E-state index in [1.54, 1.807) is 0 Å². The summed E-state index contributed by atoms with van der Waals surface area (Å²) in [5.74, 6) is 0.924. The topological polar surface area (TPSA) is 32.7 Å². The second-order valence-electron chi connectivity index (χ2n) is 3.33. The van der Waals surface area contributed by atoms with Crippen molar-refractivity contribution in [2.24, 2.45) is 4.99 Å². The summed E-state index contributed by atoms with van der Waals surface area (Å²) >= 11 is 0. The molecular formula is C11H12N2O. The number of benzene rings is 1. The number of hydrogen-bond acceptors (Lipinski definition) is 3. The molecule has 72 valence electrons. The first kappa shape index (κ1) is 8.94. The SMILES string of the molecule is CN1CCN=C1c1ccccc1C=O. The van der Waals surface area contributed by atoms with Gasteiger partial charge in [0.1, 0.15) is 5.84 Å². The van der Waals surface area contributed by atoms with Gasteiger partial charge in [-0.05, 0) is 0 Å². The molecule has 14 heavy (non-hydrogen) atoms. The van der Waals surface area contributed by atoms with Crippen LogP contribution < -0.4 is 0 Å². The minimum atomic E-state index is 0.708. The van der Waals surface area contributed by atoms with Crippen molar-refractivity contribution in [2.75, 3.05) is 20.1 Å². The van der Waals surface area contributed by atoms with Crippen molar-refractivity contribution < 1.29 is 4.79 Å². The van der Waals surface area contributed by atoms with Crippen LogP contribution in [0.2, 0.25) is 0 Å². The van der Waals surface area contributed by atoms with E-state index in [-0.39, 0.29) is 0 Å².